The number of aromatic amines is 1. The lowest BCUT2D eigenvalue weighted by atomic mass is 10.1. The van der Waals surface area contributed by atoms with E-state index in [1.54, 1.807) is 0 Å². The molecule has 2 aromatic carbocycles. The van der Waals surface area contributed by atoms with Gasteiger partial charge in [0.25, 0.3) is 5.56 Å². The smallest absolute Gasteiger partial charge is 0.259 e. The van der Waals surface area contributed by atoms with E-state index in [2.05, 4.69) is 15.3 Å². The maximum Gasteiger partial charge on any atom is 0.259 e. The van der Waals surface area contributed by atoms with E-state index < -0.39 is 0 Å². The summed E-state index contributed by atoms with van der Waals surface area (Å²) in [5.74, 6) is 0.618. The summed E-state index contributed by atoms with van der Waals surface area (Å²) in [5, 5.41) is 4.72. The minimum absolute atomic E-state index is 0.0444. The summed E-state index contributed by atoms with van der Waals surface area (Å²) in [5.41, 5.74) is 2.00. The maximum absolute atomic E-state index is 12.5. The summed E-state index contributed by atoms with van der Waals surface area (Å²) in [6.45, 7) is 2.49. The summed E-state index contributed by atoms with van der Waals surface area (Å²) in [7, 11) is 0. The lowest BCUT2D eigenvalue weighted by Crippen LogP contribution is -2.22. The predicted molar refractivity (Wildman–Crippen MR) is 112 cm³/mol. The van der Waals surface area contributed by atoms with Gasteiger partial charge in [0.1, 0.15) is 10.7 Å². The fourth-order valence-electron chi connectivity index (χ4n) is 2.99. The minimum Gasteiger partial charge on any atom is -0.309 e. The second-order valence-corrected chi connectivity index (χ2v) is 7.77. The van der Waals surface area contributed by atoms with Crippen LogP contribution in [0.2, 0.25) is 5.02 Å². The Hall–Kier alpha value is -2.47. The van der Waals surface area contributed by atoms with Crippen LogP contribution in [0, 0.1) is 0 Å². The van der Waals surface area contributed by atoms with Gasteiger partial charge in [0.15, 0.2) is 0 Å². The van der Waals surface area contributed by atoms with E-state index in [0.29, 0.717) is 17.8 Å². The van der Waals surface area contributed by atoms with Crippen LogP contribution in [0.15, 0.2) is 65.5 Å². The number of nitrogens with one attached hydrogen (secondary N) is 2. The molecule has 2 aromatic heterocycles. The summed E-state index contributed by atoms with van der Waals surface area (Å²) in [6, 6.07) is 19.7. The second kappa shape index (κ2) is 7.64. The van der Waals surface area contributed by atoms with Crippen LogP contribution in [0.25, 0.3) is 20.7 Å². The Labute approximate surface area is 165 Å². The van der Waals surface area contributed by atoms with Crippen molar-refractivity contribution >= 4 is 33.2 Å². The van der Waals surface area contributed by atoms with Crippen LogP contribution in [-0.4, -0.2) is 9.97 Å². The molecule has 0 fully saturated rings. The van der Waals surface area contributed by atoms with Crippen molar-refractivity contribution in [1.82, 2.24) is 15.3 Å². The Kier molecular flexibility index (Phi) is 5.07. The number of H-pyrrole nitrogens is 1. The minimum atomic E-state index is -0.111. The van der Waals surface area contributed by atoms with Gasteiger partial charge in [0, 0.05) is 15.9 Å². The fraction of sp³-hybridized carbons (Fsp3) is 0.143. The normalized spacial score (nSPS) is 12.4. The third-order valence-corrected chi connectivity index (χ3v) is 5.88. The fourth-order valence-corrected chi connectivity index (χ4v) is 4.35. The first-order valence-corrected chi connectivity index (χ1v) is 9.87. The number of hydrogen-bond donors (Lipinski definition) is 2. The highest BCUT2D eigenvalue weighted by atomic mass is 35.5. The van der Waals surface area contributed by atoms with E-state index in [4.69, 9.17) is 11.6 Å². The SMILES string of the molecule is C[C@@H](NCc1nc2sc(-c3ccccc3)cc2c(=O)[nH]1)c1ccccc1Cl. The van der Waals surface area contributed by atoms with Gasteiger partial charge in [0.2, 0.25) is 0 Å². The Morgan fingerprint density at radius 2 is 1.89 bits per heavy atom. The molecule has 4 rings (SSSR count). The molecule has 0 aliphatic rings. The first-order valence-electron chi connectivity index (χ1n) is 8.68. The highest BCUT2D eigenvalue weighted by Crippen LogP contribution is 2.30. The average Bonchev–Trinajstić information content (AvgIpc) is 3.12. The zero-order valence-corrected chi connectivity index (χ0v) is 16.3. The van der Waals surface area contributed by atoms with Gasteiger partial charge in [-0.15, -0.1) is 11.3 Å². The van der Waals surface area contributed by atoms with Crippen LogP contribution in [0.1, 0.15) is 24.4 Å². The quantitative estimate of drug-likeness (QED) is 0.491. The van der Waals surface area contributed by atoms with Crippen molar-refractivity contribution in [3.05, 3.63) is 87.4 Å². The highest BCUT2D eigenvalue weighted by molar-refractivity contribution is 7.21. The molecule has 4 aromatic rings. The van der Waals surface area contributed by atoms with Crippen molar-refractivity contribution in [3.8, 4) is 10.4 Å². The predicted octanol–water partition coefficient (Wildman–Crippen LogP) is 5.16. The van der Waals surface area contributed by atoms with Crippen molar-refractivity contribution in [2.24, 2.45) is 0 Å². The summed E-state index contributed by atoms with van der Waals surface area (Å²) >= 11 is 7.79. The number of nitrogens with zero attached hydrogens (tertiary/aromatic N) is 1. The summed E-state index contributed by atoms with van der Waals surface area (Å²) < 4.78 is 0. The number of fused-ring (bicyclic) bond motifs is 1. The van der Waals surface area contributed by atoms with Gasteiger partial charge in [-0.25, -0.2) is 4.98 Å². The molecule has 4 nitrogen and oxygen atoms in total. The summed E-state index contributed by atoms with van der Waals surface area (Å²) in [6.07, 6.45) is 0. The van der Waals surface area contributed by atoms with Crippen molar-refractivity contribution in [2.75, 3.05) is 0 Å². The van der Waals surface area contributed by atoms with Crippen LogP contribution >= 0.6 is 22.9 Å². The zero-order valence-electron chi connectivity index (χ0n) is 14.7. The highest BCUT2D eigenvalue weighted by Gasteiger charge is 2.12. The molecule has 0 radical (unpaired) electrons. The number of benzene rings is 2. The standard InChI is InChI=1S/C21H18ClN3OS/c1-13(15-9-5-6-10-17(15)22)23-12-19-24-20(26)16-11-18(27-21(16)25-19)14-7-3-2-4-8-14/h2-11,13,23H,12H2,1H3,(H,24,25,26)/t13-/m1/s1. The second-order valence-electron chi connectivity index (χ2n) is 6.33. The molecular formula is C21H18ClN3OS. The van der Waals surface area contributed by atoms with E-state index in [0.717, 1.165) is 25.9 Å². The van der Waals surface area contributed by atoms with Crippen LogP contribution in [0.5, 0.6) is 0 Å². The Bertz CT molecular complexity index is 1140. The van der Waals surface area contributed by atoms with Gasteiger partial charge in [-0.2, -0.15) is 0 Å². The number of thiophene rings is 1. The molecule has 0 spiro atoms. The monoisotopic (exact) mass is 395 g/mol. The molecule has 0 saturated heterocycles. The molecule has 0 bridgehead atoms. The molecule has 0 unspecified atom stereocenters. The number of halogens is 1. The first kappa shape index (κ1) is 17.9. The van der Waals surface area contributed by atoms with Crippen molar-refractivity contribution in [1.29, 1.82) is 0 Å². The molecule has 2 N–H and O–H groups in total. The van der Waals surface area contributed by atoms with E-state index in [-0.39, 0.29) is 11.6 Å². The van der Waals surface area contributed by atoms with Gasteiger partial charge in [-0.1, -0.05) is 60.1 Å². The van der Waals surface area contributed by atoms with Crippen LogP contribution in [0.4, 0.5) is 0 Å². The van der Waals surface area contributed by atoms with Crippen LogP contribution in [-0.2, 0) is 6.54 Å². The van der Waals surface area contributed by atoms with Crippen molar-refractivity contribution in [3.63, 3.8) is 0 Å². The molecule has 2 heterocycles. The van der Waals surface area contributed by atoms with E-state index in [1.807, 2.05) is 67.6 Å². The van der Waals surface area contributed by atoms with Crippen LogP contribution < -0.4 is 10.9 Å². The molecule has 0 saturated carbocycles. The molecule has 6 heteroatoms. The third kappa shape index (κ3) is 3.81. The van der Waals surface area contributed by atoms with Crippen LogP contribution in [0.3, 0.4) is 0 Å². The van der Waals surface area contributed by atoms with Gasteiger partial charge in [-0.05, 0) is 30.2 Å². The zero-order chi connectivity index (χ0) is 18.8. The van der Waals surface area contributed by atoms with Crippen molar-refractivity contribution < 1.29 is 0 Å². The number of hydrogen-bond acceptors (Lipinski definition) is 4. The Morgan fingerprint density at radius 3 is 2.67 bits per heavy atom. The molecule has 0 aliphatic heterocycles. The number of rotatable bonds is 5. The Morgan fingerprint density at radius 1 is 1.15 bits per heavy atom. The van der Waals surface area contributed by atoms with Crippen molar-refractivity contribution in [2.45, 2.75) is 19.5 Å². The third-order valence-electron chi connectivity index (χ3n) is 4.46. The van der Waals surface area contributed by atoms with Gasteiger partial charge in [0.05, 0.1) is 11.9 Å². The van der Waals surface area contributed by atoms with Gasteiger partial charge >= 0.3 is 0 Å². The molecule has 0 amide bonds. The molecular weight excluding hydrogens is 378 g/mol. The van der Waals surface area contributed by atoms with Gasteiger partial charge in [-0.3, -0.25) is 4.79 Å². The topological polar surface area (TPSA) is 57.8 Å². The number of aromatic nitrogens is 2. The van der Waals surface area contributed by atoms with Gasteiger partial charge < -0.3 is 10.3 Å². The van der Waals surface area contributed by atoms with E-state index in [9.17, 15) is 4.79 Å². The Balaban J connectivity index is 1.58. The molecule has 27 heavy (non-hydrogen) atoms. The first-order chi connectivity index (χ1) is 13.1. The van der Waals surface area contributed by atoms with E-state index in [1.165, 1.54) is 11.3 Å². The lowest BCUT2D eigenvalue weighted by Gasteiger charge is -2.15. The average molecular weight is 396 g/mol. The molecule has 1 atom stereocenters. The molecule has 136 valence electrons. The summed E-state index contributed by atoms with van der Waals surface area (Å²) in [4.78, 5) is 21.8. The lowest BCUT2D eigenvalue weighted by molar-refractivity contribution is 0.560. The van der Waals surface area contributed by atoms with E-state index >= 15 is 0 Å². The maximum atomic E-state index is 12.5. The largest absolute Gasteiger partial charge is 0.309 e. The molecule has 0 aliphatic carbocycles.